The summed E-state index contributed by atoms with van der Waals surface area (Å²) < 4.78 is 10.8. The van der Waals surface area contributed by atoms with E-state index >= 15 is 0 Å². The predicted molar refractivity (Wildman–Crippen MR) is 90.4 cm³/mol. The highest BCUT2D eigenvalue weighted by Gasteiger charge is 2.13. The van der Waals surface area contributed by atoms with Gasteiger partial charge in [-0.15, -0.1) is 11.8 Å². The van der Waals surface area contributed by atoms with Crippen LogP contribution in [-0.4, -0.2) is 25.8 Å². The first kappa shape index (κ1) is 16.4. The van der Waals surface area contributed by atoms with E-state index in [9.17, 15) is 4.79 Å². The maximum absolute atomic E-state index is 12.2. The molecule has 0 aromatic heterocycles. The lowest BCUT2D eigenvalue weighted by Crippen LogP contribution is -2.02. The molecule has 2 aromatic rings. The molecule has 2 aromatic carbocycles. The highest BCUT2D eigenvalue weighted by Crippen LogP contribution is 2.36. The van der Waals surface area contributed by atoms with E-state index in [2.05, 4.69) is 13.0 Å². The lowest BCUT2D eigenvalue weighted by molar-refractivity contribution is 0.102. The molecule has 4 heteroatoms. The summed E-state index contributed by atoms with van der Waals surface area (Å²) in [6, 6.07) is 13.3. The summed E-state index contributed by atoms with van der Waals surface area (Å²) in [5.41, 5.74) is 1.82. The number of ether oxygens (including phenoxy) is 2. The van der Waals surface area contributed by atoms with Gasteiger partial charge in [0.1, 0.15) is 0 Å². The van der Waals surface area contributed by atoms with E-state index in [1.165, 1.54) is 11.8 Å². The summed E-state index contributed by atoms with van der Waals surface area (Å²) in [4.78, 5) is 13.2. The lowest BCUT2D eigenvalue weighted by Gasteiger charge is -2.14. The Bertz CT molecular complexity index is 613. The molecule has 116 valence electrons. The number of carbonyl (C=O) groups is 1. The van der Waals surface area contributed by atoms with Gasteiger partial charge in [0.2, 0.25) is 0 Å². The second-order valence-electron chi connectivity index (χ2n) is 4.75. The van der Waals surface area contributed by atoms with Crippen molar-refractivity contribution in [3.05, 3.63) is 53.6 Å². The van der Waals surface area contributed by atoms with Gasteiger partial charge in [-0.25, -0.2) is 0 Å². The van der Waals surface area contributed by atoms with Crippen LogP contribution in [0.1, 0.15) is 22.8 Å². The number of carbonyl (C=O) groups excluding carboxylic acids is 1. The van der Waals surface area contributed by atoms with Crippen LogP contribution >= 0.6 is 11.8 Å². The largest absolute Gasteiger partial charge is 0.493 e. The Labute approximate surface area is 135 Å². The first-order chi connectivity index (χ1) is 10.7. The summed E-state index contributed by atoms with van der Waals surface area (Å²) in [6.45, 7) is 2.07. The molecule has 0 aliphatic rings. The third kappa shape index (κ3) is 3.83. The smallest absolute Gasteiger partial charge is 0.173 e. The molecule has 0 amide bonds. The van der Waals surface area contributed by atoms with Crippen molar-refractivity contribution in [3.63, 3.8) is 0 Å². The number of rotatable bonds is 7. The normalized spacial score (nSPS) is 10.3. The number of methoxy groups -OCH3 is 2. The van der Waals surface area contributed by atoms with E-state index in [1.807, 2.05) is 36.4 Å². The molecule has 22 heavy (non-hydrogen) atoms. The summed E-state index contributed by atoms with van der Waals surface area (Å²) in [7, 11) is 3.27. The van der Waals surface area contributed by atoms with Gasteiger partial charge in [-0.3, -0.25) is 4.79 Å². The van der Waals surface area contributed by atoms with Crippen LogP contribution in [0, 0.1) is 0 Å². The topological polar surface area (TPSA) is 35.5 Å². The van der Waals surface area contributed by atoms with Crippen LogP contribution in [-0.2, 0) is 6.42 Å². The van der Waals surface area contributed by atoms with Gasteiger partial charge in [-0.1, -0.05) is 37.3 Å². The van der Waals surface area contributed by atoms with Crippen molar-refractivity contribution in [1.82, 2.24) is 0 Å². The highest BCUT2D eigenvalue weighted by atomic mass is 32.2. The number of thioether (sulfide) groups is 1. The molecule has 0 bridgehead atoms. The number of ketones is 1. The third-order valence-corrected chi connectivity index (χ3v) is 4.35. The Hall–Kier alpha value is -1.94. The highest BCUT2D eigenvalue weighted by molar-refractivity contribution is 8.00. The first-order valence-electron chi connectivity index (χ1n) is 7.15. The Morgan fingerprint density at radius 1 is 1.09 bits per heavy atom. The van der Waals surface area contributed by atoms with Crippen molar-refractivity contribution in [1.29, 1.82) is 0 Å². The predicted octanol–water partition coefficient (Wildman–Crippen LogP) is 4.24. The average Bonchev–Trinajstić information content (AvgIpc) is 2.59. The van der Waals surface area contributed by atoms with E-state index in [0.717, 1.165) is 28.2 Å². The Morgan fingerprint density at radius 3 is 2.41 bits per heavy atom. The molecular weight excluding hydrogens is 296 g/mol. The Balaban J connectivity index is 2.14. The second kappa shape index (κ2) is 7.90. The fourth-order valence-electron chi connectivity index (χ4n) is 2.22. The molecule has 0 radical (unpaired) electrons. The third-order valence-electron chi connectivity index (χ3n) is 3.38. The molecule has 0 heterocycles. The van der Waals surface area contributed by atoms with Gasteiger partial charge in [-0.05, 0) is 24.1 Å². The van der Waals surface area contributed by atoms with Crippen LogP contribution in [0.15, 0.2) is 47.4 Å². The first-order valence-corrected chi connectivity index (χ1v) is 8.14. The van der Waals surface area contributed by atoms with Gasteiger partial charge in [0.15, 0.2) is 17.3 Å². The minimum atomic E-state index is 0.124. The molecule has 0 saturated heterocycles. The lowest BCUT2D eigenvalue weighted by atomic mass is 10.1. The van der Waals surface area contributed by atoms with E-state index in [0.29, 0.717) is 11.5 Å². The molecule has 0 atom stereocenters. The molecule has 2 rings (SSSR count). The number of hydrogen-bond acceptors (Lipinski definition) is 4. The number of aryl methyl sites for hydroxylation is 1. The molecule has 0 fully saturated rings. The van der Waals surface area contributed by atoms with E-state index < -0.39 is 0 Å². The standard InChI is InChI=1S/C18H20O3S/c1-4-13-10-15(11-17(20-2)18(13)21-3)22-12-16(19)14-8-6-5-7-9-14/h5-11H,4,12H2,1-3H3. The van der Waals surface area contributed by atoms with Crippen LogP contribution in [0.2, 0.25) is 0 Å². The molecule has 0 aliphatic heterocycles. The minimum Gasteiger partial charge on any atom is -0.493 e. The van der Waals surface area contributed by atoms with Gasteiger partial charge in [0, 0.05) is 10.5 Å². The van der Waals surface area contributed by atoms with Crippen molar-refractivity contribution in [2.24, 2.45) is 0 Å². The summed E-state index contributed by atoms with van der Waals surface area (Å²) >= 11 is 1.52. The van der Waals surface area contributed by atoms with Gasteiger partial charge < -0.3 is 9.47 Å². The zero-order valence-electron chi connectivity index (χ0n) is 13.1. The molecule has 0 unspecified atom stereocenters. The van der Waals surface area contributed by atoms with Crippen molar-refractivity contribution in [2.75, 3.05) is 20.0 Å². The monoisotopic (exact) mass is 316 g/mol. The van der Waals surface area contributed by atoms with E-state index in [1.54, 1.807) is 14.2 Å². The molecule has 0 saturated carbocycles. The number of benzene rings is 2. The van der Waals surface area contributed by atoms with Crippen molar-refractivity contribution >= 4 is 17.5 Å². The Kier molecular flexibility index (Phi) is 5.90. The number of hydrogen-bond donors (Lipinski definition) is 0. The minimum absolute atomic E-state index is 0.124. The Morgan fingerprint density at radius 2 is 1.82 bits per heavy atom. The van der Waals surface area contributed by atoms with Crippen LogP contribution in [0.4, 0.5) is 0 Å². The molecule has 3 nitrogen and oxygen atoms in total. The SMILES string of the molecule is CCc1cc(SCC(=O)c2ccccc2)cc(OC)c1OC. The van der Waals surface area contributed by atoms with E-state index in [4.69, 9.17) is 9.47 Å². The zero-order valence-corrected chi connectivity index (χ0v) is 13.9. The van der Waals surface area contributed by atoms with Crippen molar-refractivity contribution < 1.29 is 14.3 Å². The molecular formula is C18H20O3S. The summed E-state index contributed by atoms with van der Waals surface area (Å²) in [6.07, 6.45) is 0.848. The maximum Gasteiger partial charge on any atom is 0.173 e. The fraction of sp³-hybridized carbons (Fsp3) is 0.278. The molecule has 0 N–H and O–H groups in total. The quantitative estimate of drug-likeness (QED) is 0.565. The average molecular weight is 316 g/mol. The van der Waals surface area contributed by atoms with Crippen LogP contribution < -0.4 is 9.47 Å². The maximum atomic E-state index is 12.2. The van der Waals surface area contributed by atoms with Crippen LogP contribution in [0.3, 0.4) is 0 Å². The van der Waals surface area contributed by atoms with Gasteiger partial charge >= 0.3 is 0 Å². The van der Waals surface area contributed by atoms with Crippen LogP contribution in [0.25, 0.3) is 0 Å². The zero-order chi connectivity index (χ0) is 15.9. The van der Waals surface area contributed by atoms with Crippen molar-refractivity contribution in [2.45, 2.75) is 18.2 Å². The van der Waals surface area contributed by atoms with Gasteiger partial charge in [-0.2, -0.15) is 0 Å². The van der Waals surface area contributed by atoms with Gasteiger partial charge in [0.25, 0.3) is 0 Å². The molecule has 0 spiro atoms. The second-order valence-corrected chi connectivity index (χ2v) is 5.80. The van der Waals surface area contributed by atoms with Crippen LogP contribution in [0.5, 0.6) is 11.5 Å². The van der Waals surface area contributed by atoms with Gasteiger partial charge in [0.05, 0.1) is 20.0 Å². The molecule has 0 aliphatic carbocycles. The number of Topliss-reactive ketones (excluding diaryl/α,β-unsaturated/α-hetero) is 1. The van der Waals surface area contributed by atoms with E-state index in [-0.39, 0.29) is 5.78 Å². The fourth-order valence-corrected chi connectivity index (χ4v) is 3.10. The summed E-state index contributed by atoms with van der Waals surface area (Å²) in [5, 5.41) is 0. The summed E-state index contributed by atoms with van der Waals surface area (Å²) in [5.74, 6) is 2.00. The van der Waals surface area contributed by atoms with Crippen molar-refractivity contribution in [3.8, 4) is 11.5 Å².